The molecule has 3 nitrogen and oxygen atoms in total. The second-order valence-electron chi connectivity index (χ2n) is 5.60. The number of hydrogen-bond acceptors (Lipinski definition) is 3. The molecule has 82 valence electrons. The standard InChI is InChI=1S/C11H22N2O/c1-10(2)8-12-11(14-9-10)4-6-13(3)7-5-11/h12H,4-9H2,1-3H3. The van der Waals surface area contributed by atoms with Gasteiger partial charge in [0.15, 0.2) is 0 Å². The highest BCUT2D eigenvalue weighted by molar-refractivity contribution is 4.91. The zero-order valence-corrected chi connectivity index (χ0v) is 9.60. The van der Waals surface area contributed by atoms with Gasteiger partial charge in [-0.1, -0.05) is 13.8 Å². The van der Waals surface area contributed by atoms with Gasteiger partial charge in [0.2, 0.25) is 0 Å². The lowest BCUT2D eigenvalue weighted by atomic mass is 9.89. The summed E-state index contributed by atoms with van der Waals surface area (Å²) in [5.41, 5.74) is 0.302. The molecule has 0 saturated carbocycles. The Labute approximate surface area is 86.8 Å². The third-order valence-electron chi connectivity index (χ3n) is 3.42. The maximum atomic E-state index is 6.03. The van der Waals surface area contributed by atoms with E-state index in [9.17, 15) is 0 Å². The first-order valence-electron chi connectivity index (χ1n) is 5.59. The topological polar surface area (TPSA) is 24.5 Å². The van der Waals surface area contributed by atoms with Crippen LogP contribution in [0.25, 0.3) is 0 Å². The molecule has 0 amide bonds. The minimum absolute atomic E-state index is 0.00201. The van der Waals surface area contributed by atoms with E-state index < -0.39 is 0 Å². The fourth-order valence-corrected chi connectivity index (χ4v) is 2.14. The Hall–Kier alpha value is -0.120. The van der Waals surface area contributed by atoms with Crippen molar-refractivity contribution < 1.29 is 4.74 Å². The number of hydrogen-bond donors (Lipinski definition) is 1. The average molecular weight is 198 g/mol. The van der Waals surface area contributed by atoms with E-state index in [1.165, 1.54) is 0 Å². The van der Waals surface area contributed by atoms with Gasteiger partial charge in [0.05, 0.1) is 6.61 Å². The summed E-state index contributed by atoms with van der Waals surface area (Å²) in [6, 6.07) is 0. The van der Waals surface area contributed by atoms with Gasteiger partial charge in [0, 0.05) is 37.9 Å². The second kappa shape index (κ2) is 3.47. The highest BCUT2D eigenvalue weighted by Crippen LogP contribution is 2.31. The van der Waals surface area contributed by atoms with Crippen LogP contribution in [0.2, 0.25) is 0 Å². The Bertz CT molecular complexity index is 195. The molecule has 0 aromatic rings. The van der Waals surface area contributed by atoms with Gasteiger partial charge in [-0.05, 0) is 7.05 Å². The molecule has 2 aliphatic heterocycles. The van der Waals surface area contributed by atoms with E-state index in [0.29, 0.717) is 5.41 Å². The summed E-state index contributed by atoms with van der Waals surface area (Å²) in [5.74, 6) is 0. The molecule has 2 aliphatic rings. The van der Waals surface area contributed by atoms with Crippen LogP contribution in [0.1, 0.15) is 26.7 Å². The van der Waals surface area contributed by atoms with Crippen molar-refractivity contribution in [3.63, 3.8) is 0 Å². The van der Waals surface area contributed by atoms with Gasteiger partial charge in [-0.3, -0.25) is 5.32 Å². The van der Waals surface area contributed by atoms with E-state index in [4.69, 9.17) is 4.74 Å². The van der Waals surface area contributed by atoms with Crippen LogP contribution in [0, 0.1) is 5.41 Å². The quantitative estimate of drug-likeness (QED) is 0.630. The molecule has 2 saturated heterocycles. The van der Waals surface area contributed by atoms with E-state index in [0.717, 1.165) is 39.1 Å². The van der Waals surface area contributed by atoms with Crippen molar-refractivity contribution in [3.8, 4) is 0 Å². The van der Waals surface area contributed by atoms with Gasteiger partial charge in [-0.25, -0.2) is 0 Å². The molecule has 0 aliphatic carbocycles. The van der Waals surface area contributed by atoms with Gasteiger partial charge in [0.1, 0.15) is 5.72 Å². The van der Waals surface area contributed by atoms with Crippen molar-refractivity contribution in [2.24, 2.45) is 5.41 Å². The zero-order valence-electron chi connectivity index (χ0n) is 9.60. The molecule has 1 spiro atoms. The van der Waals surface area contributed by atoms with Crippen molar-refractivity contribution in [1.82, 2.24) is 10.2 Å². The van der Waals surface area contributed by atoms with Crippen molar-refractivity contribution in [1.29, 1.82) is 0 Å². The van der Waals surface area contributed by atoms with Crippen molar-refractivity contribution >= 4 is 0 Å². The summed E-state index contributed by atoms with van der Waals surface area (Å²) in [5, 5.41) is 3.60. The molecule has 2 heterocycles. The van der Waals surface area contributed by atoms with Crippen LogP contribution < -0.4 is 5.32 Å². The number of nitrogens with one attached hydrogen (secondary N) is 1. The van der Waals surface area contributed by atoms with Crippen LogP contribution in [0.4, 0.5) is 0 Å². The molecule has 0 radical (unpaired) electrons. The Morgan fingerprint density at radius 1 is 1.21 bits per heavy atom. The van der Waals surface area contributed by atoms with Crippen LogP contribution in [-0.2, 0) is 4.74 Å². The van der Waals surface area contributed by atoms with E-state index in [2.05, 4.69) is 31.1 Å². The van der Waals surface area contributed by atoms with Crippen LogP contribution in [-0.4, -0.2) is 43.9 Å². The second-order valence-corrected chi connectivity index (χ2v) is 5.60. The zero-order chi connectivity index (χ0) is 10.2. The molecule has 2 rings (SSSR count). The molecular weight excluding hydrogens is 176 g/mol. The van der Waals surface area contributed by atoms with Gasteiger partial charge < -0.3 is 9.64 Å². The first-order chi connectivity index (χ1) is 6.52. The van der Waals surface area contributed by atoms with Crippen LogP contribution in [0.15, 0.2) is 0 Å². The summed E-state index contributed by atoms with van der Waals surface area (Å²) >= 11 is 0. The number of likely N-dealkylation sites (tertiary alicyclic amines) is 1. The minimum atomic E-state index is 0.00201. The normalized spacial score (nSPS) is 31.9. The molecule has 0 atom stereocenters. The lowest BCUT2D eigenvalue weighted by molar-refractivity contribution is -0.159. The molecule has 0 bridgehead atoms. The first kappa shape index (κ1) is 10.4. The molecule has 0 aromatic heterocycles. The molecule has 3 heteroatoms. The molecule has 2 fully saturated rings. The molecule has 14 heavy (non-hydrogen) atoms. The predicted molar refractivity (Wildman–Crippen MR) is 57.2 cm³/mol. The first-order valence-corrected chi connectivity index (χ1v) is 5.59. The number of nitrogens with zero attached hydrogens (tertiary/aromatic N) is 1. The molecule has 1 N–H and O–H groups in total. The van der Waals surface area contributed by atoms with Gasteiger partial charge in [-0.15, -0.1) is 0 Å². The Kier molecular flexibility index (Phi) is 2.58. The van der Waals surface area contributed by atoms with E-state index in [1.807, 2.05) is 0 Å². The minimum Gasteiger partial charge on any atom is -0.360 e. The maximum absolute atomic E-state index is 6.03. The van der Waals surface area contributed by atoms with Crippen molar-refractivity contribution in [2.75, 3.05) is 33.3 Å². The number of ether oxygens (including phenoxy) is 1. The fraction of sp³-hybridized carbons (Fsp3) is 1.00. The van der Waals surface area contributed by atoms with Crippen molar-refractivity contribution in [2.45, 2.75) is 32.4 Å². The summed E-state index contributed by atoms with van der Waals surface area (Å²) in [6.07, 6.45) is 2.25. The van der Waals surface area contributed by atoms with Crippen LogP contribution in [0.5, 0.6) is 0 Å². The molecular formula is C11H22N2O. The smallest absolute Gasteiger partial charge is 0.121 e. The Morgan fingerprint density at radius 2 is 1.86 bits per heavy atom. The van der Waals surface area contributed by atoms with E-state index in [1.54, 1.807) is 0 Å². The number of piperidine rings is 1. The molecule has 0 unspecified atom stereocenters. The summed E-state index contributed by atoms with van der Waals surface area (Å²) < 4.78 is 6.03. The van der Waals surface area contributed by atoms with Crippen molar-refractivity contribution in [3.05, 3.63) is 0 Å². The summed E-state index contributed by atoms with van der Waals surface area (Å²) in [7, 11) is 2.18. The van der Waals surface area contributed by atoms with Gasteiger partial charge in [0.25, 0.3) is 0 Å². The summed E-state index contributed by atoms with van der Waals surface area (Å²) in [6.45, 7) is 8.77. The van der Waals surface area contributed by atoms with Gasteiger partial charge in [-0.2, -0.15) is 0 Å². The fourth-order valence-electron chi connectivity index (χ4n) is 2.14. The van der Waals surface area contributed by atoms with Gasteiger partial charge >= 0.3 is 0 Å². The third-order valence-corrected chi connectivity index (χ3v) is 3.42. The summed E-state index contributed by atoms with van der Waals surface area (Å²) in [4.78, 5) is 2.37. The van der Waals surface area contributed by atoms with E-state index >= 15 is 0 Å². The molecule has 0 aromatic carbocycles. The highest BCUT2D eigenvalue weighted by atomic mass is 16.5. The van der Waals surface area contributed by atoms with Crippen LogP contribution >= 0.6 is 0 Å². The Morgan fingerprint density at radius 3 is 2.36 bits per heavy atom. The largest absolute Gasteiger partial charge is 0.360 e. The monoisotopic (exact) mass is 198 g/mol. The Balaban J connectivity index is 1.93. The van der Waals surface area contributed by atoms with E-state index in [-0.39, 0.29) is 5.72 Å². The lowest BCUT2D eigenvalue weighted by Gasteiger charge is -2.48. The van der Waals surface area contributed by atoms with Crippen LogP contribution in [0.3, 0.4) is 0 Å². The third kappa shape index (κ3) is 2.10. The SMILES string of the molecule is CN1CCC2(CC1)NCC(C)(C)CO2. The predicted octanol–water partition coefficient (Wildman–Crippen LogP) is 1.05. The average Bonchev–Trinajstić information content (AvgIpc) is 2.16. The highest BCUT2D eigenvalue weighted by Gasteiger charge is 2.40. The maximum Gasteiger partial charge on any atom is 0.121 e. The number of rotatable bonds is 0. The lowest BCUT2D eigenvalue weighted by Crippen LogP contribution is -2.61.